The first-order valence-electron chi connectivity index (χ1n) is 7.35. The summed E-state index contributed by atoms with van der Waals surface area (Å²) in [5.74, 6) is -1.61. The number of carbonyl (C=O) groups is 2. The highest BCUT2D eigenvalue weighted by atomic mass is 32.1. The van der Waals surface area contributed by atoms with Gasteiger partial charge in [-0.2, -0.15) is 0 Å². The lowest BCUT2D eigenvalue weighted by molar-refractivity contribution is -0.159. The van der Waals surface area contributed by atoms with Gasteiger partial charge in [0.15, 0.2) is 6.10 Å². The molecule has 0 radical (unpaired) electrons. The molecule has 1 aromatic heterocycles. The van der Waals surface area contributed by atoms with Crippen molar-refractivity contribution in [1.82, 2.24) is 9.88 Å². The number of rotatable bonds is 4. The molecular weight excluding hydrogens is 335 g/mol. The lowest BCUT2D eigenvalue weighted by Gasteiger charge is -2.30. The fraction of sp³-hybridized carbons (Fsp3) is 0.312. The Bertz CT molecular complexity index is 764. The normalized spacial score (nSPS) is 17.7. The molecule has 1 fully saturated rings. The third-order valence-corrected chi connectivity index (χ3v) is 4.59. The average molecular weight is 350 g/mol. The number of carboxylic acids is 1. The van der Waals surface area contributed by atoms with Gasteiger partial charge >= 0.3 is 5.97 Å². The van der Waals surface area contributed by atoms with Crippen molar-refractivity contribution in [2.75, 3.05) is 19.7 Å². The summed E-state index contributed by atoms with van der Waals surface area (Å²) in [6.45, 7) is 0.604. The maximum Gasteiger partial charge on any atom is 0.334 e. The van der Waals surface area contributed by atoms with Crippen molar-refractivity contribution in [3.05, 3.63) is 41.2 Å². The van der Waals surface area contributed by atoms with E-state index < -0.39 is 12.1 Å². The van der Waals surface area contributed by atoms with Crippen molar-refractivity contribution in [2.45, 2.75) is 12.5 Å². The minimum atomic E-state index is -1.07. The zero-order valence-corrected chi connectivity index (χ0v) is 13.5. The highest BCUT2D eigenvalue weighted by Gasteiger charge is 2.29. The van der Waals surface area contributed by atoms with Crippen LogP contribution in [0.4, 0.5) is 4.39 Å². The van der Waals surface area contributed by atoms with E-state index >= 15 is 0 Å². The van der Waals surface area contributed by atoms with Crippen LogP contribution in [0, 0.1) is 5.82 Å². The van der Waals surface area contributed by atoms with Gasteiger partial charge in [-0.3, -0.25) is 4.79 Å². The second-order valence-corrected chi connectivity index (χ2v) is 6.23. The van der Waals surface area contributed by atoms with Crippen molar-refractivity contribution >= 4 is 23.2 Å². The molecule has 3 rings (SSSR count). The van der Waals surface area contributed by atoms with E-state index in [-0.39, 0.29) is 31.3 Å². The Balaban J connectivity index is 1.66. The summed E-state index contributed by atoms with van der Waals surface area (Å²) < 4.78 is 18.4. The lowest BCUT2D eigenvalue weighted by atomic mass is 10.2. The molecule has 2 heterocycles. The van der Waals surface area contributed by atoms with Crippen LogP contribution < -0.4 is 0 Å². The lowest BCUT2D eigenvalue weighted by Crippen LogP contribution is -2.49. The zero-order chi connectivity index (χ0) is 17.1. The van der Waals surface area contributed by atoms with Crippen LogP contribution in [0.1, 0.15) is 5.69 Å². The molecule has 1 atom stereocenters. The number of thiazole rings is 1. The summed E-state index contributed by atoms with van der Waals surface area (Å²) in [5.41, 5.74) is 1.25. The van der Waals surface area contributed by atoms with E-state index in [2.05, 4.69) is 4.98 Å². The molecule has 1 aliphatic heterocycles. The SMILES string of the molecule is O=C(O)[C@@H]1CN(C(=O)Cc2csc(-c3cccc(F)c3)n2)CCO1. The van der Waals surface area contributed by atoms with Gasteiger partial charge in [0.2, 0.25) is 5.91 Å². The minimum absolute atomic E-state index is 0.0368. The fourth-order valence-corrected chi connectivity index (χ4v) is 3.25. The van der Waals surface area contributed by atoms with Crippen molar-refractivity contribution in [3.63, 3.8) is 0 Å². The van der Waals surface area contributed by atoms with Crippen LogP contribution in [0.15, 0.2) is 29.6 Å². The highest BCUT2D eigenvalue weighted by Crippen LogP contribution is 2.24. The summed E-state index contributed by atoms with van der Waals surface area (Å²) in [4.78, 5) is 29.1. The van der Waals surface area contributed by atoms with Crippen molar-refractivity contribution < 1.29 is 23.8 Å². The van der Waals surface area contributed by atoms with E-state index in [9.17, 15) is 14.0 Å². The number of amides is 1. The van der Waals surface area contributed by atoms with Crippen LogP contribution in [0.5, 0.6) is 0 Å². The van der Waals surface area contributed by atoms with Gasteiger partial charge in [0, 0.05) is 17.5 Å². The largest absolute Gasteiger partial charge is 0.479 e. The third-order valence-electron chi connectivity index (χ3n) is 3.65. The number of hydrogen-bond donors (Lipinski definition) is 1. The molecule has 1 aliphatic rings. The number of hydrogen-bond acceptors (Lipinski definition) is 5. The minimum Gasteiger partial charge on any atom is -0.479 e. The van der Waals surface area contributed by atoms with E-state index in [1.54, 1.807) is 17.5 Å². The molecule has 1 aromatic carbocycles. The van der Waals surface area contributed by atoms with Crippen LogP contribution in [0.25, 0.3) is 10.6 Å². The zero-order valence-electron chi connectivity index (χ0n) is 12.6. The van der Waals surface area contributed by atoms with Gasteiger partial charge in [0.25, 0.3) is 0 Å². The first kappa shape index (κ1) is 16.5. The summed E-state index contributed by atoms with van der Waals surface area (Å²) in [6, 6.07) is 6.12. The predicted octanol–water partition coefficient (Wildman–Crippen LogP) is 1.80. The molecule has 1 N–H and O–H groups in total. The van der Waals surface area contributed by atoms with Crippen molar-refractivity contribution in [3.8, 4) is 10.6 Å². The van der Waals surface area contributed by atoms with Crippen LogP contribution in [-0.2, 0) is 20.7 Å². The Morgan fingerprint density at radius 2 is 2.29 bits per heavy atom. The van der Waals surface area contributed by atoms with Gasteiger partial charge in [0.05, 0.1) is 25.3 Å². The predicted molar refractivity (Wildman–Crippen MR) is 85.2 cm³/mol. The van der Waals surface area contributed by atoms with Crippen LogP contribution in [0.3, 0.4) is 0 Å². The maximum absolute atomic E-state index is 13.3. The standard InChI is InChI=1S/C16H15FN2O4S/c17-11-3-1-2-10(6-11)15-18-12(9-24-15)7-14(20)19-4-5-23-13(8-19)16(21)22/h1-3,6,9,13H,4-5,7-8H2,(H,21,22)/t13-/m0/s1. The van der Waals surface area contributed by atoms with Gasteiger partial charge in [-0.15, -0.1) is 11.3 Å². The monoisotopic (exact) mass is 350 g/mol. The van der Waals surface area contributed by atoms with E-state index in [0.717, 1.165) is 0 Å². The third kappa shape index (κ3) is 3.77. The number of benzene rings is 1. The number of ether oxygens (including phenoxy) is 1. The number of nitrogens with zero attached hydrogens (tertiary/aromatic N) is 2. The molecule has 0 bridgehead atoms. The number of halogens is 1. The number of carboxylic acid groups (broad SMARTS) is 1. The van der Waals surface area contributed by atoms with Gasteiger partial charge < -0.3 is 14.7 Å². The van der Waals surface area contributed by atoms with E-state index in [0.29, 0.717) is 22.8 Å². The number of aliphatic carboxylic acids is 1. The van der Waals surface area contributed by atoms with Gasteiger partial charge in [0.1, 0.15) is 10.8 Å². The van der Waals surface area contributed by atoms with Crippen LogP contribution in [0.2, 0.25) is 0 Å². The first-order chi connectivity index (χ1) is 11.5. The number of carbonyl (C=O) groups excluding carboxylic acids is 1. The maximum atomic E-state index is 13.3. The van der Waals surface area contributed by atoms with Gasteiger partial charge in [-0.05, 0) is 12.1 Å². The molecule has 0 unspecified atom stereocenters. The summed E-state index contributed by atoms with van der Waals surface area (Å²) >= 11 is 1.34. The quantitative estimate of drug-likeness (QED) is 0.910. The first-order valence-corrected chi connectivity index (χ1v) is 8.23. The Labute approximate surface area is 141 Å². The van der Waals surface area contributed by atoms with E-state index in [4.69, 9.17) is 9.84 Å². The molecule has 2 aromatic rings. The molecule has 6 nitrogen and oxygen atoms in total. The van der Waals surface area contributed by atoms with Crippen molar-refractivity contribution in [2.24, 2.45) is 0 Å². The second-order valence-electron chi connectivity index (χ2n) is 5.37. The Morgan fingerprint density at radius 1 is 1.46 bits per heavy atom. The molecule has 8 heteroatoms. The molecule has 1 saturated heterocycles. The molecule has 24 heavy (non-hydrogen) atoms. The molecule has 0 spiro atoms. The Kier molecular flexibility index (Phi) is 4.86. The van der Waals surface area contributed by atoms with Crippen molar-refractivity contribution in [1.29, 1.82) is 0 Å². The molecule has 0 saturated carbocycles. The molecular formula is C16H15FN2O4S. The van der Waals surface area contributed by atoms with Crippen LogP contribution in [-0.4, -0.2) is 52.7 Å². The molecule has 126 valence electrons. The summed E-state index contributed by atoms with van der Waals surface area (Å²) in [5, 5.41) is 11.4. The molecule has 1 amide bonds. The van der Waals surface area contributed by atoms with Gasteiger partial charge in [-0.25, -0.2) is 14.2 Å². The number of aromatic nitrogens is 1. The number of morpholine rings is 1. The topological polar surface area (TPSA) is 79.7 Å². The summed E-state index contributed by atoms with van der Waals surface area (Å²) in [7, 11) is 0. The van der Waals surface area contributed by atoms with Crippen LogP contribution >= 0.6 is 11.3 Å². The highest BCUT2D eigenvalue weighted by molar-refractivity contribution is 7.13. The second kappa shape index (κ2) is 7.06. The fourth-order valence-electron chi connectivity index (χ4n) is 2.43. The molecule has 0 aliphatic carbocycles. The summed E-state index contributed by atoms with van der Waals surface area (Å²) in [6.07, 6.45) is -0.904. The Morgan fingerprint density at radius 3 is 3.04 bits per heavy atom. The average Bonchev–Trinajstić information content (AvgIpc) is 3.03. The van der Waals surface area contributed by atoms with E-state index in [1.165, 1.54) is 28.4 Å². The van der Waals surface area contributed by atoms with E-state index in [1.807, 2.05) is 0 Å². The Hall–Kier alpha value is -2.32. The smallest absolute Gasteiger partial charge is 0.334 e. The van der Waals surface area contributed by atoms with Gasteiger partial charge in [-0.1, -0.05) is 12.1 Å².